The molecule has 0 saturated heterocycles. The third kappa shape index (κ3) is 5.66. The Morgan fingerprint density at radius 1 is 1.05 bits per heavy atom. The number of thioether (sulfide) groups is 1. The van der Waals surface area contributed by atoms with Crippen LogP contribution < -0.4 is 0 Å². The average molecular weight is 307 g/mol. The highest BCUT2D eigenvalue weighted by Gasteiger charge is 2.24. The van der Waals surface area contributed by atoms with Crippen molar-refractivity contribution >= 4 is 16.8 Å². The number of fused-ring (bicyclic) bond motifs is 2. The number of nitriles is 1. The van der Waals surface area contributed by atoms with E-state index in [1.54, 1.807) is 11.8 Å². The first-order chi connectivity index (χ1) is 10.2. The summed E-state index contributed by atoms with van der Waals surface area (Å²) in [6, 6.07) is 2.71. The van der Waals surface area contributed by atoms with Crippen LogP contribution in [0.15, 0.2) is 4.99 Å². The molecule has 1 aliphatic carbocycles. The molecule has 1 fully saturated rings. The van der Waals surface area contributed by atoms with E-state index in [2.05, 4.69) is 24.9 Å². The van der Waals surface area contributed by atoms with Gasteiger partial charge in [0.1, 0.15) is 6.07 Å². The van der Waals surface area contributed by atoms with Crippen molar-refractivity contribution in [2.45, 2.75) is 89.3 Å². The quantitative estimate of drug-likeness (QED) is 0.634. The molecule has 3 heteroatoms. The van der Waals surface area contributed by atoms with Gasteiger partial charge in [0.2, 0.25) is 0 Å². The zero-order chi connectivity index (χ0) is 15.1. The SMILES string of the molecule is CC(C)C1CCCCCC2CC(CCCC1)N=C(C#N)S2. The minimum atomic E-state index is 0.421. The lowest BCUT2D eigenvalue weighted by atomic mass is 9.86. The van der Waals surface area contributed by atoms with Gasteiger partial charge < -0.3 is 0 Å². The first-order valence-corrected chi connectivity index (χ1v) is 9.71. The molecule has 0 aromatic heterocycles. The fraction of sp³-hybridized carbons (Fsp3) is 0.889. The van der Waals surface area contributed by atoms with Gasteiger partial charge in [-0.3, -0.25) is 4.99 Å². The minimum Gasteiger partial charge on any atom is -0.265 e. The molecule has 2 bridgehead atoms. The van der Waals surface area contributed by atoms with E-state index < -0.39 is 0 Å². The third-order valence-corrected chi connectivity index (χ3v) is 6.30. The first kappa shape index (κ1) is 16.9. The zero-order valence-electron chi connectivity index (χ0n) is 13.7. The summed E-state index contributed by atoms with van der Waals surface area (Å²) < 4.78 is 0. The Morgan fingerprint density at radius 3 is 2.43 bits per heavy atom. The zero-order valence-corrected chi connectivity index (χ0v) is 14.5. The van der Waals surface area contributed by atoms with E-state index in [1.807, 2.05) is 0 Å². The maximum atomic E-state index is 9.17. The molecule has 0 aromatic rings. The summed E-state index contributed by atoms with van der Waals surface area (Å²) in [6.07, 6.45) is 13.2. The van der Waals surface area contributed by atoms with Gasteiger partial charge in [0.05, 0.1) is 6.04 Å². The highest BCUT2D eigenvalue weighted by Crippen LogP contribution is 2.33. The van der Waals surface area contributed by atoms with E-state index in [0.717, 1.165) is 16.9 Å². The number of rotatable bonds is 1. The van der Waals surface area contributed by atoms with Crippen LogP contribution >= 0.6 is 11.8 Å². The molecule has 21 heavy (non-hydrogen) atoms. The minimum absolute atomic E-state index is 0.421. The molecule has 1 heterocycles. The molecule has 2 aliphatic rings. The van der Waals surface area contributed by atoms with Crippen molar-refractivity contribution in [2.24, 2.45) is 16.8 Å². The smallest absolute Gasteiger partial charge is 0.169 e. The largest absolute Gasteiger partial charge is 0.265 e. The highest BCUT2D eigenvalue weighted by atomic mass is 32.2. The van der Waals surface area contributed by atoms with Gasteiger partial charge in [0, 0.05) is 5.25 Å². The van der Waals surface area contributed by atoms with Gasteiger partial charge >= 0.3 is 0 Å². The summed E-state index contributed by atoms with van der Waals surface area (Å²) in [7, 11) is 0. The summed E-state index contributed by atoms with van der Waals surface area (Å²) in [5.41, 5.74) is 0. The Hall–Kier alpha value is -0.490. The lowest BCUT2D eigenvalue weighted by Crippen LogP contribution is -2.22. The van der Waals surface area contributed by atoms with Crippen molar-refractivity contribution in [1.82, 2.24) is 0 Å². The van der Waals surface area contributed by atoms with E-state index in [9.17, 15) is 5.26 Å². The maximum Gasteiger partial charge on any atom is 0.169 e. The van der Waals surface area contributed by atoms with E-state index in [4.69, 9.17) is 0 Å². The summed E-state index contributed by atoms with van der Waals surface area (Å²) in [5, 5.41) is 10.6. The Morgan fingerprint density at radius 2 is 1.71 bits per heavy atom. The van der Waals surface area contributed by atoms with E-state index >= 15 is 0 Å². The molecule has 1 aliphatic heterocycles. The van der Waals surface area contributed by atoms with Gasteiger partial charge in [0.15, 0.2) is 5.04 Å². The molecular weight excluding hydrogens is 276 g/mol. The highest BCUT2D eigenvalue weighted by molar-refractivity contribution is 8.15. The van der Waals surface area contributed by atoms with Crippen LogP contribution in [0.4, 0.5) is 0 Å². The van der Waals surface area contributed by atoms with Crippen LogP contribution in [-0.4, -0.2) is 16.3 Å². The van der Waals surface area contributed by atoms with Gasteiger partial charge in [-0.1, -0.05) is 70.6 Å². The maximum absolute atomic E-state index is 9.17. The lowest BCUT2D eigenvalue weighted by Gasteiger charge is -2.25. The lowest BCUT2D eigenvalue weighted by molar-refractivity contribution is 0.313. The van der Waals surface area contributed by atoms with Crippen LogP contribution in [0.1, 0.15) is 78.1 Å². The first-order valence-electron chi connectivity index (χ1n) is 8.83. The molecule has 0 spiro atoms. The monoisotopic (exact) mass is 306 g/mol. The van der Waals surface area contributed by atoms with E-state index in [-0.39, 0.29) is 0 Å². The second-order valence-electron chi connectivity index (χ2n) is 7.10. The van der Waals surface area contributed by atoms with Gasteiger partial charge in [-0.05, 0) is 31.1 Å². The van der Waals surface area contributed by atoms with E-state index in [1.165, 1.54) is 64.2 Å². The molecule has 3 unspecified atom stereocenters. The number of nitrogens with zero attached hydrogens (tertiary/aromatic N) is 2. The summed E-state index contributed by atoms with van der Waals surface area (Å²) in [4.78, 5) is 4.64. The van der Waals surface area contributed by atoms with Crippen molar-refractivity contribution in [2.75, 3.05) is 0 Å². The molecule has 2 nitrogen and oxygen atoms in total. The Bertz CT molecular complexity index is 383. The molecular formula is C18H30N2S. The fourth-order valence-corrected chi connectivity index (χ4v) is 4.91. The summed E-state index contributed by atoms with van der Waals surface area (Å²) in [6.45, 7) is 4.77. The van der Waals surface area contributed by atoms with Crippen molar-refractivity contribution in [3.8, 4) is 6.07 Å². The Balaban J connectivity index is 1.94. The van der Waals surface area contributed by atoms with Crippen molar-refractivity contribution < 1.29 is 0 Å². The molecule has 3 atom stereocenters. The molecule has 118 valence electrons. The standard InChI is InChI=1S/C18H30N2S/c1-14(2)15-8-4-3-5-11-17-12-16(10-7-6-9-15)20-18(13-19)21-17/h14-17H,3-12H2,1-2H3. The second-order valence-corrected chi connectivity index (χ2v) is 8.39. The van der Waals surface area contributed by atoms with Crippen molar-refractivity contribution in [1.29, 1.82) is 5.26 Å². The Kier molecular flexibility index (Phi) is 7.10. The van der Waals surface area contributed by atoms with E-state index in [0.29, 0.717) is 11.3 Å². The van der Waals surface area contributed by atoms with Crippen LogP contribution in [-0.2, 0) is 0 Å². The number of hydrogen-bond acceptors (Lipinski definition) is 3. The molecule has 2 rings (SSSR count). The van der Waals surface area contributed by atoms with Crippen LogP contribution in [0.5, 0.6) is 0 Å². The van der Waals surface area contributed by atoms with Gasteiger partial charge in [-0.25, -0.2) is 0 Å². The van der Waals surface area contributed by atoms with Gasteiger partial charge in [0.25, 0.3) is 0 Å². The van der Waals surface area contributed by atoms with Crippen LogP contribution in [0.25, 0.3) is 0 Å². The molecule has 0 aromatic carbocycles. The van der Waals surface area contributed by atoms with Gasteiger partial charge in [-0.2, -0.15) is 5.26 Å². The molecule has 0 radical (unpaired) electrons. The van der Waals surface area contributed by atoms with Crippen molar-refractivity contribution in [3.05, 3.63) is 0 Å². The number of hydrogen-bond donors (Lipinski definition) is 0. The summed E-state index contributed by atoms with van der Waals surface area (Å²) >= 11 is 1.74. The molecule has 1 saturated carbocycles. The predicted octanol–water partition coefficient (Wildman–Crippen LogP) is 5.58. The van der Waals surface area contributed by atoms with Crippen LogP contribution in [0.3, 0.4) is 0 Å². The Labute approximate surface area is 134 Å². The molecule has 0 N–H and O–H groups in total. The third-order valence-electron chi connectivity index (χ3n) is 5.11. The normalized spacial score (nSPS) is 32.3. The number of aliphatic imine (C=N–C) groups is 1. The molecule has 0 amide bonds. The van der Waals surface area contributed by atoms with Crippen LogP contribution in [0.2, 0.25) is 0 Å². The van der Waals surface area contributed by atoms with Crippen molar-refractivity contribution in [3.63, 3.8) is 0 Å². The van der Waals surface area contributed by atoms with Gasteiger partial charge in [-0.15, -0.1) is 0 Å². The fourth-order valence-electron chi connectivity index (χ4n) is 3.73. The average Bonchev–Trinajstić information content (AvgIpc) is 2.49. The second kappa shape index (κ2) is 8.83. The topological polar surface area (TPSA) is 36.1 Å². The summed E-state index contributed by atoms with van der Waals surface area (Å²) in [5.74, 6) is 1.74. The van der Waals surface area contributed by atoms with Crippen LogP contribution in [0, 0.1) is 23.2 Å². The predicted molar refractivity (Wildman–Crippen MR) is 92.7 cm³/mol.